The second kappa shape index (κ2) is 9.64. The first-order chi connectivity index (χ1) is 14.6. The van der Waals surface area contributed by atoms with Crippen LogP contribution in [-0.2, 0) is 11.3 Å². The molecular formula is C21H26ClFN4O4. The Bertz CT molecular complexity index is 924. The van der Waals surface area contributed by atoms with Crippen molar-refractivity contribution in [1.29, 1.82) is 0 Å². The molecule has 168 valence electrons. The van der Waals surface area contributed by atoms with E-state index in [-0.39, 0.29) is 35.7 Å². The Hall–Kier alpha value is -2.68. The number of pyridine rings is 1. The predicted octanol–water partition coefficient (Wildman–Crippen LogP) is 4.41. The molecule has 0 radical (unpaired) electrons. The molecule has 1 amide bonds. The zero-order valence-corrected chi connectivity index (χ0v) is 18.7. The Morgan fingerprint density at radius 1 is 1.35 bits per heavy atom. The van der Waals surface area contributed by atoms with Crippen molar-refractivity contribution in [2.75, 3.05) is 6.54 Å². The fraction of sp³-hybridized carbons (Fsp3) is 0.524. The third-order valence-corrected chi connectivity index (χ3v) is 4.74. The van der Waals surface area contributed by atoms with Gasteiger partial charge in [-0.05, 0) is 33.8 Å². The van der Waals surface area contributed by atoms with Crippen molar-refractivity contribution in [3.63, 3.8) is 0 Å². The molecule has 0 spiro atoms. The first-order valence-corrected chi connectivity index (χ1v) is 10.4. The molecule has 0 aliphatic carbocycles. The molecule has 1 saturated heterocycles. The lowest BCUT2D eigenvalue weighted by Gasteiger charge is -2.38. The van der Waals surface area contributed by atoms with E-state index in [1.54, 1.807) is 17.2 Å². The average molecular weight is 453 g/mol. The zero-order valence-electron chi connectivity index (χ0n) is 18.0. The van der Waals surface area contributed by atoms with Gasteiger partial charge < -0.3 is 19.1 Å². The molecule has 8 nitrogen and oxygen atoms in total. The van der Waals surface area contributed by atoms with Gasteiger partial charge in [0.05, 0.1) is 5.02 Å². The standard InChI is InChI=1S/C21H26ClFN4O4/c1-13-9-15(6-8-27(13)20(28)31-21(2,3)4)30-18-5-7-24-17(26-18)12-29-19-16(23)10-14(22)11-25-19/h5,7,10-11,13,15H,6,8-9,12H2,1-4H3/t13-,15-/m0/s1. The molecular weight excluding hydrogens is 427 g/mol. The molecule has 0 aromatic carbocycles. The molecule has 1 aliphatic rings. The van der Waals surface area contributed by atoms with Crippen LogP contribution in [0, 0.1) is 5.82 Å². The molecule has 0 unspecified atom stereocenters. The summed E-state index contributed by atoms with van der Waals surface area (Å²) in [6, 6.07) is 2.74. The van der Waals surface area contributed by atoms with Gasteiger partial charge in [0, 0.05) is 43.9 Å². The van der Waals surface area contributed by atoms with E-state index in [2.05, 4.69) is 15.0 Å². The Kier molecular flexibility index (Phi) is 7.15. The lowest BCUT2D eigenvalue weighted by molar-refractivity contribution is -0.00156. The molecule has 0 N–H and O–H groups in total. The lowest BCUT2D eigenvalue weighted by Crippen LogP contribution is -2.49. The summed E-state index contributed by atoms with van der Waals surface area (Å²) in [6.07, 6.45) is 3.72. The minimum atomic E-state index is -0.661. The Morgan fingerprint density at radius 3 is 2.81 bits per heavy atom. The summed E-state index contributed by atoms with van der Waals surface area (Å²) >= 11 is 5.68. The minimum Gasteiger partial charge on any atom is -0.474 e. The molecule has 1 aliphatic heterocycles. The first-order valence-electron chi connectivity index (χ1n) is 10.0. The smallest absolute Gasteiger partial charge is 0.410 e. The van der Waals surface area contributed by atoms with E-state index in [1.807, 2.05) is 27.7 Å². The number of nitrogens with zero attached hydrogens (tertiary/aromatic N) is 4. The molecule has 0 saturated carbocycles. The number of aromatic nitrogens is 3. The lowest BCUT2D eigenvalue weighted by atomic mass is 10.0. The monoisotopic (exact) mass is 452 g/mol. The summed E-state index contributed by atoms with van der Waals surface area (Å²) < 4.78 is 30.6. The average Bonchev–Trinajstić information content (AvgIpc) is 2.66. The maximum absolute atomic E-state index is 13.8. The summed E-state index contributed by atoms with van der Waals surface area (Å²) in [7, 11) is 0. The number of amides is 1. The van der Waals surface area contributed by atoms with Crippen molar-refractivity contribution >= 4 is 17.7 Å². The van der Waals surface area contributed by atoms with Crippen molar-refractivity contribution in [3.05, 3.63) is 41.2 Å². The van der Waals surface area contributed by atoms with Crippen LogP contribution in [0.15, 0.2) is 24.5 Å². The van der Waals surface area contributed by atoms with Gasteiger partial charge in [-0.1, -0.05) is 11.6 Å². The number of rotatable bonds is 5. The fourth-order valence-corrected chi connectivity index (χ4v) is 3.30. The van der Waals surface area contributed by atoms with E-state index in [0.717, 1.165) is 6.07 Å². The fourth-order valence-electron chi connectivity index (χ4n) is 3.16. The van der Waals surface area contributed by atoms with Crippen LogP contribution in [0.5, 0.6) is 11.8 Å². The second-order valence-electron chi connectivity index (χ2n) is 8.33. The van der Waals surface area contributed by atoms with Crippen molar-refractivity contribution in [3.8, 4) is 11.8 Å². The highest BCUT2D eigenvalue weighted by atomic mass is 35.5. The van der Waals surface area contributed by atoms with Crippen molar-refractivity contribution in [2.45, 2.75) is 64.9 Å². The summed E-state index contributed by atoms with van der Waals surface area (Å²) in [6.45, 7) is 7.96. The van der Waals surface area contributed by atoms with Gasteiger partial charge in [0.25, 0.3) is 5.88 Å². The molecule has 2 aromatic rings. The maximum atomic E-state index is 13.8. The minimum absolute atomic E-state index is 0.0304. The van der Waals surface area contributed by atoms with Crippen molar-refractivity contribution < 1.29 is 23.4 Å². The summed E-state index contributed by atoms with van der Waals surface area (Å²) in [4.78, 5) is 26.3. The SMILES string of the molecule is C[C@H]1C[C@@H](Oc2ccnc(COc3ncc(Cl)cc3F)n2)CCN1C(=O)OC(C)(C)C. The van der Waals surface area contributed by atoms with Crippen LogP contribution in [0.1, 0.15) is 46.4 Å². The van der Waals surface area contributed by atoms with Gasteiger partial charge in [-0.15, -0.1) is 0 Å². The van der Waals surface area contributed by atoms with Crippen LogP contribution in [0.4, 0.5) is 9.18 Å². The van der Waals surface area contributed by atoms with Crippen LogP contribution >= 0.6 is 11.6 Å². The Balaban J connectivity index is 1.55. The largest absolute Gasteiger partial charge is 0.474 e. The van der Waals surface area contributed by atoms with Gasteiger partial charge in [-0.2, -0.15) is 4.98 Å². The third-order valence-electron chi connectivity index (χ3n) is 4.54. The van der Waals surface area contributed by atoms with Gasteiger partial charge in [0.1, 0.15) is 18.3 Å². The summed E-state index contributed by atoms with van der Waals surface area (Å²) in [5.41, 5.74) is -0.534. The van der Waals surface area contributed by atoms with Gasteiger partial charge in [-0.25, -0.2) is 19.2 Å². The van der Waals surface area contributed by atoms with Gasteiger partial charge in [0.15, 0.2) is 11.6 Å². The Morgan fingerprint density at radius 2 is 2.13 bits per heavy atom. The molecule has 1 fully saturated rings. The summed E-state index contributed by atoms with van der Waals surface area (Å²) in [5.74, 6) is -0.123. The first kappa shape index (κ1) is 23.0. The topological polar surface area (TPSA) is 86.7 Å². The molecule has 10 heteroatoms. The highest BCUT2D eigenvalue weighted by molar-refractivity contribution is 6.30. The molecule has 2 atom stereocenters. The highest BCUT2D eigenvalue weighted by Crippen LogP contribution is 2.24. The number of carbonyl (C=O) groups is 1. The van der Waals surface area contributed by atoms with Crippen molar-refractivity contribution in [2.24, 2.45) is 0 Å². The third kappa shape index (κ3) is 6.65. The van der Waals surface area contributed by atoms with Crippen LogP contribution < -0.4 is 9.47 Å². The van der Waals surface area contributed by atoms with E-state index in [0.29, 0.717) is 31.1 Å². The number of halogens is 2. The van der Waals surface area contributed by atoms with E-state index in [9.17, 15) is 9.18 Å². The molecule has 3 rings (SSSR count). The number of likely N-dealkylation sites (tertiary alicyclic amines) is 1. The summed E-state index contributed by atoms with van der Waals surface area (Å²) in [5, 5.41) is 0.184. The van der Waals surface area contributed by atoms with E-state index in [4.69, 9.17) is 25.8 Å². The van der Waals surface area contributed by atoms with Gasteiger partial charge in [-0.3, -0.25) is 0 Å². The van der Waals surface area contributed by atoms with Crippen LogP contribution in [-0.4, -0.2) is 50.2 Å². The van der Waals surface area contributed by atoms with Crippen LogP contribution in [0.2, 0.25) is 5.02 Å². The van der Waals surface area contributed by atoms with Gasteiger partial charge >= 0.3 is 6.09 Å². The normalized spacial score (nSPS) is 19.1. The van der Waals surface area contributed by atoms with E-state index >= 15 is 0 Å². The number of ether oxygens (including phenoxy) is 3. The molecule has 0 bridgehead atoms. The number of carbonyl (C=O) groups excluding carboxylic acids is 1. The van der Waals surface area contributed by atoms with Gasteiger partial charge in [0.2, 0.25) is 5.88 Å². The number of hydrogen-bond donors (Lipinski definition) is 0. The van der Waals surface area contributed by atoms with E-state index < -0.39 is 11.4 Å². The quantitative estimate of drug-likeness (QED) is 0.664. The second-order valence-corrected chi connectivity index (χ2v) is 8.76. The number of piperidine rings is 1. The number of hydrogen-bond acceptors (Lipinski definition) is 7. The predicted molar refractivity (Wildman–Crippen MR) is 112 cm³/mol. The molecule has 31 heavy (non-hydrogen) atoms. The zero-order chi connectivity index (χ0) is 22.6. The van der Waals surface area contributed by atoms with E-state index in [1.165, 1.54) is 6.20 Å². The van der Waals surface area contributed by atoms with Crippen LogP contribution in [0.3, 0.4) is 0 Å². The molecule has 2 aromatic heterocycles. The molecule has 3 heterocycles. The Labute approximate surface area is 185 Å². The van der Waals surface area contributed by atoms with Crippen molar-refractivity contribution in [1.82, 2.24) is 19.9 Å². The highest BCUT2D eigenvalue weighted by Gasteiger charge is 2.32. The maximum Gasteiger partial charge on any atom is 0.410 e. The van der Waals surface area contributed by atoms with Crippen LogP contribution in [0.25, 0.3) is 0 Å².